The fraction of sp³-hybridized carbons (Fsp3) is 0.400. The fourth-order valence-corrected chi connectivity index (χ4v) is 3.28. The van der Waals surface area contributed by atoms with Crippen LogP contribution in [0.4, 0.5) is 4.39 Å². The number of aromatic nitrogens is 2. The second-order valence-corrected chi connectivity index (χ2v) is 5.75. The maximum absolute atomic E-state index is 13.7. The minimum atomic E-state index is -0.463. The SMILES string of the molecule is O=C(N[C@@H]1C[C@H]2CC[C@@H]1N2)c1ncc(-c2cnccc2F)o1. The maximum Gasteiger partial charge on any atom is 0.307 e. The molecule has 2 aromatic rings. The number of nitrogens with one attached hydrogen (secondary N) is 2. The van der Waals surface area contributed by atoms with Crippen molar-refractivity contribution in [2.24, 2.45) is 0 Å². The molecule has 2 saturated heterocycles. The lowest BCUT2D eigenvalue weighted by molar-refractivity contribution is 0.0896. The fourth-order valence-electron chi connectivity index (χ4n) is 3.28. The highest BCUT2D eigenvalue weighted by Gasteiger charge is 2.40. The number of hydrogen-bond acceptors (Lipinski definition) is 5. The first-order valence-corrected chi connectivity index (χ1v) is 7.33. The molecule has 0 saturated carbocycles. The zero-order valence-electron chi connectivity index (χ0n) is 11.8. The van der Waals surface area contributed by atoms with Crippen LogP contribution in [0.15, 0.2) is 29.1 Å². The third-order valence-electron chi connectivity index (χ3n) is 4.35. The van der Waals surface area contributed by atoms with Gasteiger partial charge in [0.1, 0.15) is 5.82 Å². The van der Waals surface area contributed by atoms with Crippen LogP contribution in [0.2, 0.25) is 0 Å². The molecular weight excluding hydrogens is 287 g/mol. The van der Waals surface area contributed by atoms with E-state index < -0.39 is 5.82 Å². The van der Waals surface area contributed by atoms with E-state index in [9.17, 15) is 9.18 Å². The molecule has 7 heteroatoms. The molecule has 2 aromatic heterocycles. The van der Waals surface area contributed by atoms with Crippen molar-refractivity contribution in [1.29, 1.82) is 0 Å². The Morgan fingerprint density at radius 3 is 3.05 bits per heavy atom. The summed E-state index contributed by atoms with van der Waals surface area (Å²) in [5, 5.41) is 6.39. The first kappa shape index (κ1) is 13.4. The second-order valence-electron chi connectivity index (χ2n) is 5.75. The van der Waals surface area contributed by atoms with Crippen LogP contribution in [0.25, 0.3) is 11.3 Å². The lowest BCUT2D eigenvalue weighted by Gasteiger charge is -2.20. The summed E-state index contributed by atoms with van der Waals surface area (Å²) in [7, 11) is 0. The van der Waals surface area contributed by atoms with Gasteiger partial charge < -0.3 is 15.1 Å². The summed E-state index contributed by atoms with van der Waals surface area (Å²) in [5.41, 5.74) is 0.190. The average molecular weight is 302 g/mol. The summed E-state index contributed by atoms with van der Waals surface area (Å²) >= 11 is 0. The lowest BCUT2D eigenvalue weighted by atomic mass is 9.95. The number of fused-ring (bicyclic) bond motifs is 2. The number of hydrogen-bond donors (Lipinski definition) is 2. The second kappa shape index (κ2) is 5.17. The van der Waals surface area contributed by atoms with Crippen molar-refractivity contribution in [1.82, 2.24) is 20.6 Å². The minimum absolute atomic E-state index is 0.0546. The number of carbonyl (C=O) groups excluding carboxylic acids is 1. The molecule has 22 heavy (non-hydrogen) atoms. The minimum Gasteiger partial charge on any atom is -0.432 e. The molecule has 4 rings (SSSR count). The number of rotatable bonds is 3. The molecule has 0 aliphatic carbocycles. The van der Waals surface area contributed by atoms with Gasteiger partial charge in [0.25, 0.3) is 5.89 Å². The quantitative estimate of drug-likeness (QED) is 0.898. The Bertz CT molecular complexity index is 717. The summed E-state index contributed by atoms with van der Waals surface area (Å²) in [5.74, 6) is -0.687. The van der Waals surface area contributed by atoms with E-state index in [2.05, 4.69) is 20.6 Å². The van der Waals surface area contributed by atoms with Gasteiger partial charge in [0, 0.05) is 30.5 Å². The van der Waals surface area contributed by atoms with Gasteiger partial charge >= 0.3 is 5.91 Å². The van der Waals surface area contributed by atoms with Crippen LogP contribution in [0.1, 0.15) is 29.9 Å². The molecule has 114 valence electrons. The molecule has 1 amide bonds. The molecule has 2 aliphatic rings. The Kier molecular flexibility index (Phi) is 3.15. The van der Waals surface area contributed by atoms with Crippen molar-refractivity contribution in [3.8, 4) is 11.3 Å². The lowest BCUT2D eigenvalue weighted by Crippen LogP contribution is -2.43. The molecule has 0 unspecified atom stereocenters. The molecule has 0 aromatic carbocycles. The normalized spacial score (nSPS) is 26.3. The van der Waals surface area contributed by atoms with E-state index in [-0.39, 0.29) is 29.2 Å². The molecular formula is C15H15FN4O2. The van der Waals surface area contributed by atoms with Crippen LogP contribution >= 0.6 is 0 Å². The van der Waals surface area contributed by atoms with Crippen molar-refractivity contribution in [2.45, 2.75) is 37.4 Å². The summed E-state index contributed by atoms with van der Waals surface area (Å²) in [6.07, 6.45) is 7.21. The Balaban J connectivity index is 1.49. The van der Waals surface area contributed by atoms with Crippen LogP contribution in [-0.4, -0.2) is 34.0 Å². The number of amides is 1. The highest BCUT2D eigenvalue weighted by Crippen LogP contribution is 2.28. The van der Waals surface area contributed by atoms with Crippen LogP contribution in [0.5, 0.6) is 0 Å². The van der Waals surface area contributed by atoms with E-state index in [4.69, 9.17) is 4.42 Å². The van der Waals surface area contributed by atoms with Gasteiger partial charge in [0.15, 0.2) is 5.76 Å². The van der Waals surface area contributed by atoms with E-state index in [1.165, 1.54) is 31.1 Å². The number of pyridine rings is 1. The third kappa shape index (κ3) is 2.27. The van der Waals surface area contributed by atoms with Crippen molar-refractivity contribution in [2.75, 3.05) is 0 Å². The third-order valence-corrected chi connectivity index (χ3v) is 4.35. The summed E-state index contributed by atoms with van der Waals surface area (Å²) in [4.78, 5) is 20.0. The van der Waals surface area contributed by atoms with Gasteiger partial charge in [0.2, 0.25) is 0 Å². The molecule has 0 radical (unpaired) electrons. The standard InChI is InChI=1S/C15H15FN4O2/c16-10-3-4-17-6-9(10)13-7-18-15(22-13)14(21)20-12-5-8-1-2-11(12)19-8/h3-4,6-8,11-12,19H,1-2,5H2,(H,20,21)/t8-,11+,12-/m1/s1. The van der Waals surface area contributed by atoms with E-state index in [0.717, 1.165) is 12.8 Å². The summed E-state index contributed by atoms with van der Waals surface area (Å²) in [6.45, 7) is 0. The van der Waals surface area contributed by atoms with Crippen LogP contribution < -0.4 is 10.6 Å². The first-order chi connectivity index (χ1) is 10.7. The zero-order valence-corrected chi connectivity index (χ0v) is 11.8. The number of carbonyl (C=O) groups is 1. The Hall–Kier alpha value is -2.28. The zero-order chi connectivity index (χ0) is 15.1. The van der Waals surface area contributed by atoms with Gasteiger partial charge in [0.05, 0.1) is 11.8 Å². The van der Waals surface area contributed by atoms with E-state index >= 15 is 0 Å². The molecule has 0 spiro atoms. The molecule has 2 aliphatic heterocycles. The number of halogens is 1. The highest BCUT2D eigenvalue weighted by atomic mass is 19.1. The predicted octanol–water partition coefficient (Wildman–Crippen LogP) is 1.50. The smallest absolute Gasteiger partial charge is 0.307 e. The van der Waals surface area contributed by atoms with Gasteiger partial charge in [-0.05, 0) is 25.3 Å². The predicted molar refractivity (Wildman–Crippen MR) is 75.5 cm³/mol. The van der Waals surface area contributed by atoms with E-state index in [1.54, 1.807) is 0 Å². The van der Waals surface area contributed by atoms with Crippen LogP contribution in [0, 0.1) is 5.82 Å². The average Bonchev–Trinajstić information content (AvgIpc) is 3.24. The Labute approximate surface area is 126 Å². The maximum atomic E-state index is 13.7. The molecule has 2 N–H and O–H groups in total. The highest BCUT2D eigenvalue weighted by molar-refractivity contribution is 5.90. The molecule has 4 heterocycles. The van der Waals surface area contributed by atoms with E-state index in [1.807, 2.05) is 0 Å². The largest absolute Gasteiger partial charge is 0.432 e. The molecule has 2 bridgehead atoms. The molecule has 6 nitrogen and oxygen atoms in total. The van der Waals surface area contributed by atoms with Gasteiger partial charge in [-0.1, -0.05) is 0 Å². The van der Waals surface area contributed by atoms with Crippen molar-refractivity contribution in [3.63, 3.8) is 0 Å². The number of nitrogens with zero attached hydrogens (tertiary/aromatic N) is 2. The van der Waals surface area contributed by atoms with Crippen LogP contribution in [0.3, 0.4) is 0 Å². The summed E-state index contributed by atoms with van der Waals surface area (Å²) in [6, 6.07) is 2.18. The van der Waals surface area contributed by atoms with Gasteiger partial charge in [-0.3, -0.25) is 9.78 Å². The van der Waals surface area contributed by atoms with E-state index in [0.29, 0.717) is 12.1 Å². The van der Waals surface area contributed by atoms with Crippen molar-refractivity contribution in [3.05, 3.63) is 36.4 Å². The summed E-state index contributed by atoms with van der Waals surface area (Å²) < 4.78 is 19.1. The molecule has 3 atom stereocenters. The first-order valence-electron chi connectivity index (χ1n) is 7.33. The van der Waals surface area contributed by atoms with Gasteiger partial charge in [-0.2, -0.15) is 0 Å². The Morgan fingerprint density at radius 2 is 2.32 bits per heavy atom. The molecule has 2 fully saturated rings. The van der Waals surface area contributed by atoms with Crippen molar-refractivity contribution < 1.29 is 13.6 Å². The monoisotopic (exact) mass is 302 g/mol. The van der Waals surface area contributed by atoms with Gasteiger partial charge in [-0.15, -0.1) is 0 Å². The van der Waals surface area contributed by atoms with Gasteiger partial charge in [-0.25, -0.2) is 9.37 Å². The topological polar surface area (TPSA) is 80.0 Å². The Morgan fingerprint density at radius 1 is 1.41 bits per heavy atom. The van der Waals surface area contributed by atoms with Crippen LogP contribution in [-0.2, 0) is 0 Å². The van der Waals surface area contributed by atoms with Crippen molar-refractivity contribution >= 4 is 5.91 Å². The number of oxazole rings is 1.